The summed E-state index contributed by atoms with van der Waals surface area (Å²) in [6.07, 6.45) is 6.19. The first kappa shape index (κ1) is 18.9. The summed E-state index contributed by atoms with van der Waals surface area (Å²) < 4.78 is 15.9. The number of rotatable bonds is 5. The highest BCUT2D eigenvalue weighted by Gasteiger charge is 2.25. The molecule has 5 rings (SSSR count). The van der Waals surface area contributed by atoms with Gasteiger partial charge in [0.1, 0.15) is 18.3 Å². The van der Waals surface area contributed by atoms with E-state index in [-0.39, 0.29) is 6.04 Å². The highest BCUT2D eigenvalue weighted by Crippen LogP contribution is 2.30. The number of hydrogen-bond acceptors (Lipinski definition) is 5. The number of nitrogens with one attached hydrogen (secondary N) is 2. The van der Waals surface area contributed by atoms with Gasteiger partial charge in [-0.1, -0.05) is 18.9 Å². The van der Waals surface area contributed by atoms with E-state index in [0.29, 0.717) is 13.0 Å². The Labute approximate surface area is 173 Å². The maximum absolute atomic E-state index is 14.2. The lowest BCUT2D eigenvalue weighted by Crippen LogP contribution is -2.39. The number of hydrogen-bond donors (Lipinski definition) is 2. The van der Waals surface area contributed by atoms with Crippen LogP contribution in [0.4, 0.5) is 4.39 Å². The molecule has 0 unspecified atom stereocenters. The molecule has 30 heavy (non-hydrogen) atoms. The number of nitrogens with zero attached hydrogens (tertiary/aromatic N) is 5. The van der Waals surface area contributed by atoms with Crippen molar-refractivity contribution in [1.82, 2.24) is 34.9 Å². The van der Waals surface area contributed by atoms with E-state index in [1.807, 2.05) is 43.5 Å². The van der Waals surface area contributed by atoms with Crippen LogP contribution in [0.25, 0.3) is 28.3 Å². The fraction of sp³-hybridized carbons (Fsp3) is 0.364. The van der Waals surface area contributed by atoms with Gasteiger partial charge in [-0.15, -0.1) is 0 Å². The predicted molar refractivity (Wildman–Crippen MR) is 113 cm³/mol. The van der Waals surface area contributed by atoms with Crippen LogP contribution in [0.1, 0.15) is 37.2 Å². The zero-order chi connectivity index (χ0) is 20.5. The van der Waals surface area contributed by atoms with Gasteiger partial charge in [-0.05, 0) is 44.0 Å². The molecular formula is C22H24FN7. The molecule has 4 heterocycles. The van der Waals surface area contributed by atoms with Gasteiger partial charge < -0.3 is 10.3 Å². The molecule has 2 N–H and O–H groups in total. The van der Waals surface area contributed by atoms with E-state index in [9.17, 15) is 4.39 Å². The molecule has 4 aromatic rings. The van der Waals surface area contributed by atoms with Crippen molar-refractivity contribution in [3.05, 3.63) is 54.4 Å². The fourth-order valence-corrected chi connectivity index (χ4v) is 4.08. The van der Waals surface area contributed by atoms with Crippen LogP contribution in [0.15, 0.2) is 42.9 Å². The number of aryl methyl sites for hydroxylation is 1. The maximum atomic E-state index is 14.2. The number of halogens is 1. The molecule has 0 bridgehead atoms. The Morgan fingerprint density at radius 2 is 2.07 bits per heavy atom. The lowest BCUT2D eigenvalue weighted by molar-refractivity contribution is 0.187. The molecular weight excluding hydrogens is 381 g/mol. The fourth-order valence-electron chi connectivity index (χ4n) is 4.08. The van der Waals surface area contributed by atoms with Crippen molar-refractivity contribution in [2.45, 2.75) is 51.4 Å². The van der Waals surface area contributed by atoms with Crippen LogP contribution in [0.5, 0.6) is 0 Å². The van der Waals surface area contributed by atoms with Crippen LogP contribution in [-0.4, -0.2) is 41.8 Å². The van der Waals surface area contributed by atoms with Gasteiger partial charge in [0.25, 0.3) is 0 Å². The van der Waals surface area contributed by atoms with Gasteiger partial charge in [0, 0.05) is 23.5 Å². The monoisotopic (exact) mass is 405 g/mol. The molecule has 1 saturated carbocycles. The Bertz CT molecular complexity index is 1170. The predicted octanol–water partition coefficient (Wildman–Crippen LogP) is 3.86. The molecule has 0 saturated heterocycles. The molecule has 8 heteroatoms. The molecule has 1 aliphatic rings. The highest BCUT2D eigenvalue weighted by molar-refractivity contribution is 5.77. The van der Waals surface area contributed by atoms with E-state index in [0.717, 1.165) is 59.1 Å². The molecule has 1 fully saturated rings. The summed E-state index contributed by atoms with van der Waals surface area (Å²) in [4.78, 5) is 17.1. The topological polar surface area (TPSA) is 83.8 Å². The van der Waals surface area contributed by atoms with Gasteiger partial charge in [-0.25, -0.2) is 18.9 Å². The van der Waals surface area contributed by atoms with Crippen LogP contribution in [-0.2, 0) is 6.54 Å². The van der Waals surface area contributed by atoms with Crippen molar-refractivity contribution in [3.63, 3.8) is 0 Å². The van der Waals surface area contributed by atoms with Gasteiger partial charge in [0.05, 0.1) is 23.6 Å². The standard InChI is InChI=1S/C22H24FN7/c1-14-5-4-8-18(27-14)22-21(15-9-10-20-25-13-26-30(20)12-15)28-19(29-22)11-24-17-7-3-2-6-16(17)23/h4-5,8-10,12-13,16-17,24H,2-3,6-7,11H2,1H3,(H,28,29)/t16-,17+/m1/s1. The average molecular weight is 405 g/mol. The van der Waals surface area contributed by atoms with Crippen LogP contribution >= 0.6 is 0 Å². The summed E-state index contributed by atoms with van der Waals surface area (Å²) in [5, 5.41) is 7.58. The molecule has 1 aliphatic carbocycles. The van der Waals surface area contributed by atoms with Crippen LogP contribution in [0.3, 0.4) is 0 Å². The number of aromatic nitrogens is 6. The lowest BCUT2D eigenvalue weighted by Gasteiger charge is -2.26. The Morgan fingerprint density at radius 1 is 1.17 bits per heavy atom. The zero-order valence-corrected chi connectivity index (χ0v) is 16.8. The molecule has 7 nitrogen and oxygen atoms in total. The third kappa shape index (κ3) is 3.70. The van der Waals surface area contributed by atoms with E-state index in [1.54, 1.807) is 4.52 Å². The first-order chi connectivity index (χ1) is 14.7. The van der Waals surface area contributed by atoms with Crippen molar-refractivity contribution >= 4 is 5.65 Å². The number of H-pyrrole nitrogens is 1. The van der Waals surface area contributed by atoms with Gasteiger partial charge in [0.2, 0.25) is 0 Å². The smallest absolute Gasteiger partial charge is 0.155 e. The lowest BCUT2D eigenvalue weighted by atomic mass is 9.94. The molecule has 154 valence electrons. The number of aromatic amines is 1. The molecule has 0 radical (unpaired) electrons. The molecule has 0 aromatic carbocycles. The first-order valence-corrected chi connectivity index (χ1v) is 10.4. The van der Waals surface area contributed by atoms with E-state index in [2.05, 4.69) is 25.4 Å². The Balaban J connectivity index is 1.50. The summed E-state index contributed by atoms with van der Waals surface area (Å²) in [6, 6.07) is 9.70. The Kier molecular flexibility index (Phi) is 5.00. The van der Waals surface area contributed by atoms with E-state index >= 15 is 0 Å². The summed E-state index contributed by atoms with van der Waals surface area (Å²) in [5.74, 6) is 0.764. The van der Waals surface area contributed by atoms with Gasteiger partial charge in [-0.3, -0.25) is 4.98 Å². The van der Waals surface area contributed by atoms with E-state index < -0.39 is 6.17 Å². The molecule has 0 amide bonds. The SMILES string of the molecule is Cc1cccc(-c2[nH]c(CN[C@H]3CCCC[C@H]3F)nc2-c2ccc3ncnn3c2)n1. The van der Waals surface area contributed by atoms with Crippen molar-refractivity contribution < 1.29 is 4.39 Å². The van der Waals surface area contributed by atoms with Crippen molar-refractivity contribution in [3.8, 4) is 22.6 Å². The molecule has 0 aliphatic heterocycles. The summed E-state index contributed by atoms with van der Waals surface area (Å²) >= 11 is 0. The quantitative estimate of drug-likeness (QED) is 0.527. The summed E-state index contributed by atoms with van der Waals surface area (Å²) in [5.41, 5.74) is 5.08. The van der Waals surface area contributed by atoms with Crippen LogP contribution in [0.2, 0.25) is 0 Å². The number of pyridine rings is 2. The Hall–Kier alpha value is -3.13. The summed E-state index contributed by atoms with van der Waals surface area (Å²) in [6.45, 7) is 2.45. The van der Waals surface area contributed by atoms with Crippen LogP contribution < -0.4 is 5.32 Å². The third-order valence-electron chi connectivity index (χ3n) is 5.66. The third-order valence-corrected chi connectivity index (χ3v) is 5.66. The minimum absolute atomic E-state index is 0.112. The second kappa shape index (κ2) is 7.95. The molecule has 0 spiro atoms. The minimum Gasteiger partial charge on any atom is -0.339 e. The second-order valence-corrected chi connectivity index (χ2v) is 7.84. The van der Waals surface area contributed by atoms with Crippen molar-refractivity contribution in [2.75, 3.05) is 0 Å². The minimum atomic E-state index is -0.791. The first-order valence-electron chi connectivity index (χ1n) is 10.4. The molecule has 2 atom stereocenters. The van der Waals surface area contributed by atoms with E-state index in [4.69, 9.17) is 4.98 Å². The van der Waals surface area contributed by atoms with Crippen molar-refractivity contribution in [1.29, 1.82) is 0 Å². The second-order valence-electron chi connectivity index (χ2n) is 7.84. The highest BCUT2D eigenvalue weighted by atomic mass is 19.1. The number of fused-ring (bicyclic) bond motifs is 1. The number of alkyl halides is 1. The zero-order valence-electron chi connectivity index (χ0n) is 16.8. The summed E-state index contributed by atoms with van der Waals surface area (Å²) in [7, 11) is 0. The van der Waals surface area contributed by atoms with Crippen molar-refractivity contribution in [2.24, 2.45) is 0 Å². The van der Waals surface area contributed by atoms with Crippen LogP contribution in [0, 0.1) is 6.92 Å². The van der Waals surface area contributed by atoms with Gasteiger partial charge >= 0.3 is 0 Å². The average Bonchev–Trinajstić information content (AvgIpc) is 3.39. The maximum Gasteiger partial charge on any atom is 0.155 e. The van der Waals surface area contributed by atoms with Gasteiger partial charge in [0.15, 0.2) is 5.65 Å². The van der Waals surface area contributed by atoms with E-state index in [1.165, 1.54) is 6.33 Å². The van der Waals surface area contributed by atoms with Gasteiger partial charge in [-0.2, -0.15) is 5.10 Å². The normalized spacial score (nSPS) is 19.4. The largest absolute Gasteiger partial charge is 0.339 e. The Morgan fingerprint density at radius 3 is 2.93 bits per heavy atom. The molecule has 4 aromatic heterocycles. The number of imidazole rings is 1.